The fourth-order valence-electron chi connectivity index (χ4n) is 3.28. The summed E-state index contributed by atoms with van der Waals surface area (Å²) >= 11 is 1.87. The van der Waals surface area contributed by atoms with E-state index in [2.05, 4.69) is 18.0 Å². The molecule has 0 radical (unpaired) electrons. The second-order valence-electron chi connectivity index (χ2n) is 6.40. The van der Waals surface area contributed by atoms with Gasteiger partial charge in [-0.05, 0) is 44.1 Å². The maximum absolute atomic E-state index is 8.87. The monoisotopic (exact) mass is 312 g/mol. The largest absolute Gasteiger partial charge is 0.358 e. The molecule has 114 valence electrons. The second kappa shape index (κ2) is 5.51. The fourth-order valence-corrected chi connectivity index (χ4v) is 4.54. The predicted octanol–water partition coefficient (Wildman–Crippen LogP) is 3.80. The summed E-state index contributed by atoms with van der Waals surface area (Å²) in [4.78, 5) is 14.6. The topological polar surface area (TPSA) is 52.8 Å². The van der Waals surface area contributed by atoms with Crippen molar-refractivity contribution >= 4 is 27.4 Å². The summed E-state index contributed by atoms with van der Waals surface area (Å²) in [5, 5.41) is 10.1. The van der Waals surface area contributed by atoms with Gasteiger partial charge in [-0.3, -0.25) is 0 Å². The number of nitriles is 1. The van der Waals surface area contributed by atoms with Crippen LogP contribution < -0.4 is 4.90 Å². The molecule has 0 N–H and O–H groups in total. The first-order valence-corrected chi connectivity index (χ1v) is 9.00. The van der Waals surface area contributed by atoms with Crippen LogP contribution in [0.2, 0.25) is 0 Å². The van der Waals surface area contributed by atoms with Gasteiger partial charge in [0, 0.05) is 24.4 Å². The Morgan fingerprint density at radius 3 is 2.86 bits per heavy atom. The highest BCUT2D eigenvalue weighted by Gasteiger charge is 2.30. The summed E-state index contributed by atoms with van der Waals surface area (Å²) in [7, 11) is 2.06. The highest BCUT2D eigenvalue weighted by Crippen LogP contribution is 2.43. The Morgan fingerprint density at radius 2 is 2.09 bits per heavy atom. The molecule has 4 nitrogen and oxygen atoms in total. The minimum Gasteiger partial charge on any atom is -0.358 e. The summed E-state index contributed by atoms with van der Waals surface area (Å²) in [6.07, 6.45) is 7.88. The molecule has 2 aliphatic rings. The number of nitrogens with zero attached hydrogens (tertiary/aromatic N) is 4. The normalized spacial score (nSPS) is 17.3. The number of aryl methyl sites for hydroxylation is 2. The Kier molecular flexibility index (Phi) is 3.50. The van der Waals surface area contributed by atoms with Gasteiger partial charge in [0.15, 0.2) is 0 Å². The smallest absolute Gasteiger partial charge is 0.141 e. The van der Waals surface area contributed by atoms with Crippen molar-refractivity contribution in [2.75, 3.05) is 18.5 Å². The molecule has 0 bridgehead atoms. The molecule has 0 atom stereocenters. The average molecular weight is 312 g/mol. The highest BCUT2D eigenvalue weighted by molar-refractivity contribution is 7.19. The number of aromatic nitrogens is 2. The van der Waals surface area contributed by atoms with E-state index in [0.29, 0.717) is 12.3 Å². The Balaban J connectivity index is 1.86. The predicted molar refractivity (Wildman–Crippen MR) is 89.5 cm³/mol. The number of hydrogen-bond acceptors (Lipinski definition) is 5. The molecule has 2 aliphatic carbocycles. The van der Waals surface area contributed by atoms with E-state index < -0.39 is 0 Å². The van der Waals surface area contributed by atoms with Crippen LogP contribution in [0.25, 0.3) is 10.2 Å². The van der Waals surface area contributed by atoms with Crippen LogP contribution in [-0.2, 0) is 12.8 Å². The van der Waals surface area contributed by atoms with Gasteiger partial charge < -0.3 is 4.90 Å². The maximum Gasteiger partial charge on any atom is 0.141 e. The van der Waals surface area contributed by atoms with Crippen LogP contribution in [0.3, 0.4) is 0 Å². The quantitative estimate of drug-likeness (QED) is 0.861. The SMILES string of the molecule is CN(CCC#N)c1nc(C2CC2)nc2sc3c(c12)CCCC3. The van der Waals surface area contributed by atoms with Crippen LogP contribution in [0.4, 0.5) is 5.82 Å². The summed E-state index contributed by atoms with van der Waals surface area (Å²) in [6, 6.07) is 2.24. The van der Waals surface area contributed by atoms with Crippen LogP contribution in [0.1, 0.15) is 54.3 Å². The molecule has 0 amide bonds. The molecule has 0 spiro atoms. The van der Waals surface area contributed by atoms with Crippen molar-refractivity contribution in [3.05, 3.63) is 16.3 Å². The van der Waals surface area contributed by atoms with Gasteiger partial charge in [-0.15, -0.1) is 11.3 Å². The van der Waals surface area contributed by atoms with E-state index in [1.807, 2.05) is 11.3 Å². The highest BCUT2D eigenvalue weighted by atomic mass is 32.1. The molecule has 22 heavy (non-hydrogen) atoms. The van der Waals surface area contributed by atoms with Crippen LogP contribution >= 0.6 is 11.3 Å². The molecule has 5 heteroatoms. The first kappa shape index (κ1) is 14.0. The molecule has 2 aromatic heterocycles. The first-order chi connectivity index (χ1) is 10.8. The van der Waals surface area contributed by atoms with E-state index in [1.165, 1.54) is 52.8 Å². The molecule has 0 aromatic carbocycles. The van der Waals surface area contributed by atoms with E-state index in [1.54, 1.807) is 0 Å². The Labute approximate surface area is 134 Å². The van der Waals surface area contributed by atoms with Crippen molar-refractivity contribution in [1.82, 2.24) is 9.97 Å². The van der Waals surface area contributed by atoms with E-state index in [0.717, 1.165) is 24.6 Å². The summed E-state index contributed by atoms with van der Waals surface area (Å²) in [5.74, 6) is 2.64. The number of anilines is 1. The van der Waals surface area contributed by atoms with E-state index in [4.69, 9.17) is 15.2 Å². The van der Waals surface area contributed by atoms with Crippen LogP contribution in [0.5, 0.6) is 0 Å². The average Bonchev–Trinajstić information content (AvgIpc) is 3.32. The van der Waals surface area contributed by atoms with Gasteiger partial charge in [0.1, 0.15) is 16.5 Å². The van der Waals surface area contributed by atoms with Gasteiger partial charge in [0.25, 0.3) is 0 Å². The number of fused-ring (bicyclic) bond motifs is 3. The third-order valence-corrected chi connectivity index (χ3v) is 5.86. The molecule has 4 rings (SSSR count). The number of hydrogen-bond donors (Lipinski definition) is 0. The molecule has 0 aliphatic heterocycles. The van der Waals surface area contributed by atoms with Crippen LogP contribution in [0.15, 0.2) is 0 Å². The molecule has 0 unspecified atom stereocenters. The van der Waals surface area contributed by atoms with Crippen molar-refractivity contribution < 1.29 is 0 Å². The lowest BCUT2D eigenvalue weighted by atomic mass is 9.97. The zero-order chi connectivity index (χ0) is 15.1. The molecule has 2 heterocycles. The Hall–Kier alpha value is -1.67. The number of thiophene rings is 1. The van der Waals surface area contributed by atoms with Gasteiger partial charge in [-0.2, -0.15) is 5.26 Å². The lowest BCUT2D eigenvalue weighted by molar-refractivity contribution is 0.700. The van der Waals surface area contributed by atoms with Gasteiger partial charge in [-0.1, -0.05) is 0 Å². The standard InChI is InChI=1S/C17H20N4S/c1-21(10-4-9-18)16-14-12-5-2-3-6-13(12)22-17(14)20-15(19-16)11-7-8-11/h11H,2-8,10H2,1H3. The molecule has 0 saturated heterocycles. The molecular weight excluding hydrogens is 292 g/mol. The van der Waals surface area contributed by atoms with Crippen molar-refractivity contribution in [1.29, 1.82) is 5.26 Å². The van der Waals surface area contributed by atoms with Gasteiger partial charge in [0.05, 0.1) is 17.9 Å². The van der Waals surface area contributed by atoms with Crippen molar-refractivity contribution in [2.24, 2.45) is 0 Å². The minimum atomic E-state index is 0.535. The second-order valence-corrected chi connectivity index (χ2v) is 7.48. The first-order valence-electron chi connectivity index (χ1n) is 8.18. The summed E-state index contributed by atoms with van der Waals surface area (Å²) < 4.78 is 0. The summed E-state index contributed by atoms with van der Waals surface area (Å²) in [6.45, 7) is 0.733. The Morgan fingerprint density at radius 1 is 1.27 bits per heavy atom. The van der Waals surface area contributed by atoms with Crippen molar-refractivity contribution in [3.63, 3.8) is 0 Å². The zero-order valence-electron chi connectivity index (χ0n) is 12.9. The third-order valence-electron chi connectivity index (χ3n) is 4.68. The number of rotatable bonds is 4. The lowest BCUT2D eigenvalue weighted by Crippen LogP contribution is -2.20. The third kappa shape index (κ3) is 2.36. The zero-order valence-corrected chi connectivity index (χ0v) is 13.7. The van der Waals surface area contributed by atoms with Gasteiger partial charge in [-0.25, -0.2) is 9.97 Å². The van der Waals surface area contributed by atoms with Crippen molar-refractivity contribution in [2.45, 2.75) is 50.9 Å². The van der Waals surface area contributed by atoms with Gasteiger partial charge >= 0.3 is 0 Å². The molecule has 2 aromatic rings. The Bertz CT molecular complexity index is 754. The van der Waals surface area contributed by atoms with E-state index >= 15 is 0 Å². The fraction of sp³-hybridized carbons (Fsp3) is 0.588. The van der Waals surface area contributed by atoms with Crippen LogP contribution in [0, 0.1) is 11.3 Å². The lowest BCUT2D eigenvalue weighted by Gasteiger charge is -2.20. The maximum atomic E-state index is 8.87. The molecule has 1 saturated carbocycles. The van der Waals surface area contributed by atoms with E-state index in [9.17, 15) is 0 Å². The minimum absolute atomic E-state index is 0.535. The van der Waals surface area contributed by atoms with Crippen LogP contribution in [-0.4, -0.2) is 23.6 Å². The van der Waals surface area contributed by atoms with Gasteiger partial charge in [0.2, 0.25) is 0 Å². The van der Waals surface area contributed by atoms with Crippen molar-refractivity contribution in [3.8, 4) is 6.07 Å². The van der Waals surface area contributed by atoms with E-state index in [-0.39, 0.29) is 0 Å². The molecular formula is C17H20N4S. The summed E-state index contributed by atoms with van der Waals surface area (Å²) in [5.41, 5.74) is 1.48. The molecule has 1 fully saturated rings.